The normalized spacial score (nSPS) is 14.7. The van der Waals surface area contributed by atoms with Crippen LogP contribution in [0.5, 0.6) is 0 Å². The Balaban J connectivity index is 1.96. The zero-order valence-electron chi connectivity index (χ0n) is 10.0. The molecule has 16 heavy (non-hydrogen) atoms. The van der Waals surface area contributed by atoms with Crippen LogP contribution in [0.3, 0.4) is 0 Å². The fraction of sp³-hybridized carbons (Fsp3) is 0.818. The van der Waals surface area contributed by atoms with Gasteiger partial charge >= 0.3 is 0 Å². The van der Waals surface area contributed by atoms with E-state index in [2.05, 4.69) is 29.8 Å². The second-order valence-corrected chi connectivity index (χ2v) is 5.03. The first-order chi connectivity index (χ1) is 7.58. The van der Waals surface area contributed by atoms with E-state index in [0.29, 0.717) is 30.0 Å². The van der Waals surface area contributed by atoms with Crippen molar-refractivity contribution in [1.29, 1.82) is 0 Å². The van der Waals surface area contributed by atoms with E-state index < -0.39 is 0 Å². The van der Waals surface area contributed by atoms with E-state index >= 15 is 0 Å². The minimum Gasteiger partial charge on any atom is -0.362 e. The van der Waals surface area contributed by atoms with Crippen molar-refractivity contribution in [3.63, 3.8) is 0 Å². The predicted octanol–water partition coefficient (Wildman–Crippen LogP) is 0.775. The molecule has 0 radical (unpaired) electrons. The molecule has 5 heteroatoms. The van der Waals surface area contributed by atoms with Crippen LogP contribution in [-0.2, 0) is 4.79 Å². The Morgan fingerprint density at radius 2 is 2.06 bits per heavy atom. The van der Waals surface area contributed by atoms with Crippen LogP contribution in [0.1, 0.15) is 33.1 Å². The maximum Gasteiger partial charge on any atom is 0.221 e. The SMILES string of the molecule is CC(C)CNC(=O)CCNC(=S)NC1CC1. The lowest BCUT2D eigenvalue weighted by atomic mass is 10.2. The predicted molar refractivity (Wildman–Crippen MR) is 69.2 cm³/mol. The van der Waals surface area contributed by atoms with Crippen molar-refractivity contribution >= 4 is 23.2 Å². The second-order valence-electron chi connectivity index (χ2n) is 4.62. The van der Waals surface area contributed by atoms with Crippen molar-refractivity contribution in [3.8, 4) is 0 Å². The molecule has 0 aromatic carbocycles. The van der Waals surface area contributed by atoms with Crippen LogP contribution in [0.25, 0.3) is 0 Å². The van der Waals surface area contributed by atoms with Crippen molar-refractivity contribution in [3.05, 3.63) is 0 Å². The third kappa shape index (κ3) is 6.61. The molecule has 0 aromatic heterocycles. The number of hydrogen-bond donors (Lipinski definition) is 3. The van der Waals surface area contributed by atoms with Crippen molar-refractivity contribution in [2.24, 2.45) is 5.92 Å². The number of nitrogens with one attached hydrogen (secondary N) is 3. The van der Waals surface area contributed by atoms with Gasteiger partial charge < -0.3 is 16.0 Å². The molecule has 1 aliphatic rings. The monoisotopic (exact) mass is 243 g/mol. The molecular formula is C11H21N3OS. The Kier molecular flexibility index (Phi) is 5.52. The number of carbonyl (C=O) groups excluding carboxylic acids is 1. The molecule has 0 aliphatic heterocycles. The minimum atomic E-state index is 0.0791. The Bertz CT molecular complexity index is 252. The molecule has 0 unspecified atom stereocenters. The topological polar surface area (TPSA) is 53.2 Å². The number of thiocarbonyl (C=S) groups is 1. The highest BCUT2D eigenvalue weighted by Gasteiger charge is 2.21. The van der Waals surface area contributed by atoms with Gasteiger partial charge in [0.05, 0.1) is 0 Å². The molecule has 92 valence electrons. The molecule has 3 N–H and O–H groups in total. The summed E-state index contributed by atoms with van der Waals surface area (Å²) in [6.07, 6.45) is 2.88. The molecule has 4 nitrogen and oxygen atoms in total. The average Bonchev–Trinajstić information content (AvgIpc) is 2.98. The Hall–Kier alpha value is -0.840. The highest BCUT2D eigenvalue weighted by atomic mass is 32.1. The largest absolute Gasteiger partial charge is 0.362 e. The number of hydrogen-bond acceptors (Lipinski definition) is 2. The average molecular weight is 243 g/mol. The quantitative estimate of drug-likeness (QED) is 0.603. The molecule has 0 aromatic rings. The van der Waals surface area contributed by atoms with Gasteiger partial charge in [0.25, 0.3) is 0 Å². The molecule has 1 saturated carbocycles. The molecule has 0 heterocycles. The fourth-order valence-electron chi connectivity index (χ4n) is 1.16. The molecule has 0 atom stereocenters. The molecule has 0 saturated heterocycles. The zero-order chi connectivity index (χ0) is 12.0. The van der Waals surface area contributed by atoms with Crippen LogP contribution in [0.15, 0.2) is 0 Å². The molecule has 0 spiro atoms. The standard InChI is InChI=1S/C11H21N3OS/c1-8(2)7-13-10(15)5-6-12-11(16)14-9-3-4-9/h8-9H,3-7H2,1-2H3,(H,13,15)(H2,12,14,16). The first-order valence-corrected chi connectivity index (χ1v) is 6.30. The van der Waals surface area contributed by atoms with Gasteiger partial charge in [0, 0.05) is 25.6 Å². The summed E-state index contributed by atoms with van der Waals surface area (Å²) in [7, 11) is 0. The van der Waals surface area contributed by atoms with Crippen LogP contribution in [0.4, 0.5) is 0 Å². The van der Waals surface area contributed by atoms with E-state index in [1.807, 2.05) is 0 Å². The second kappa shape index (κ2) is 6.68. The van der Waals surface area contributed by atoms with Gasteiger partial charge in [0.2, 0.25) is 5.91 Å². The smallest absolute Gasteiger partial charge is 0.221 e. The number of amides is 1. The van der Waals surface area contributed by atoms with Crippen LogP contribution < -0.4 is 16.0 Å². The van der Waals surface area contributed by atoms with Gasteiger partial charge in [-0.15, -0.1) is 0 Å². The first-order valence-electron chi connectivity index (χ1n) is 5.89. The maximum absolute atomic E-state index is 11.3. The lowest BCUT2D eigenvalue weighted by molar-refractivity contribution is -0.121. The van der Waals surface area contributed by atoms with Crippen molar-refractivity contribution in [2.45, 2.75) is 39.2 Å². The highest BCUT2D eigenvalue weighted by Crippen LogP contribution is 2.18. The first kappa shape index (κ1) is 13.2. The van der Waals surface area contributed by atoms with E-state index in [4.69, 9.17) is 12.2 Å². The van der Waals surface area contributed by atoms with Crippen LogP contribution in [-0.4, -0.2) is 30.2 Å². The Labute approximate surface area is 103 Å². The molecule has 1 aliphatic carbocycles. The van der Waals surface area contributed by atoms with E-state index in [0.717, 1.165) is 6.54 Å². The summed E-state index contributed by atoms with van der Waals surface area (Å²) < 4.78 is 0. The van der Waals surface area contributed by atoms with Gasteiger partial charge in [-0.25, -0.2) is 0 Å². The maximum atomic E-state index is 11.3. The Morgan fingerprint density at radius 3 is 2.62 bits per heavy atom. The van der Waals surface area contributed by atoms with Gasteiger partial charge in [0.1, 0.15) is 0 Å². The van der Waals surface area contributed by atoms with E-state index in [-0.39, 0.29) is 5.91 Å². The van der Waals surface area contributed by atoms with Gasteiger partial charge in [-0.2, -0.15) is 0 Å². The number of rotatable bonds is 6. The zero-order valence-corrected chi connectivity index (χ0v) is 10.8. The molecule has 1 rings (SSSR count). The van der Waals surface area contributed by atoms with Gasteiger partial charge in [-0.1, -0.05) is 13.8 Å². The summed E-state index contributed by atoms with van der Waals surface area (Å²) in [5, 5.41) is 9.73. The van der Waals surface area contributed by atoms with Crippen molar-refractivity contribution < 1.29 is 4.79 Å². The molecule has 1 fully saturated rings. The van der Waals surface area contributed by atoms with Crippen LogP contribution in [0, 0.1) is 5.92 Å². The van der Waals surface area contributed by atoms with Crippen LogP contribution in [0.2, 0.25) is 0 Å². The van der Waals surface area contributed by atoms with Crippen molar-refractivity contribution in [2.75, 3.05) is 13.1 Å². The summed E-state index contributed by atoms with van der Waals surface area (Å²) >= 11 is 5.07. The lowest BCUT2D eigenvalue weighted by Crippen LogP contribution is -2.38. The van der Waals surface area contributed by atoms with E-state index in [1.165, 1.54) is 12.8 Å². The van der Waals surface area contributed by atoms with Gasteiger partial charge in [0.15, 0.2) is 5.11 Å². The minimum absolute atomic E-state index is 0.0791. The summed E-state index contributed by atoms with van der Waals surface area (Å²) in [6, 6.07) is 0.565. The number of carbonyl (C=O) groups is 1. The van der Waals surface area contributed by atoms with Gasteiger partial charge in [-0.3, -0.25) is 4.79 Å². The summed E-state index contributed by atoms with van der Waals surface area (Å²) in [5.74, 6) is 0.574. The van der Waals surface area contributed by atoms with E-state index in [9.17, 15) is 4.79 Å². The summed E-state index contributed by atoms with van der Waals surface area (Å²) in [6.45, 7) is 5.49. The summed E-state index contributed by atoms with van der Waals surface area (Å²) in [5.41, 5.74) is 0. The highest BCUT2D eigenvalue weighted by molar-refractivity contribution is 7.80. The molecule has 0 bridgehead atoms. The van der Waals surface area contributed by atoms with Crippen molar-refractivity contribution in [1.82, 2.24) is 16.0 Å². The lowest BCUT2D eigenvalue weighted by Gasteiger charge is -2.10. The van der Waals surface area contributed by atoms with Gasteiger partial charge in [-0.05, 0) is 31.0 Å². The third-order valence-electron chi connectivity index (χ3n) is 2.26. The molecule has 1 amide bonds. The third-order valence-corrected chi connectivity index (χ3v) is 2.52. The van der Waals surface area contributed by atoms with Crippen LogP contribution >= 0.6 is 12.2 Å². The summed E-state index contributed by atoms with van der Waals surface area (Å²) in [4.78, 5) is 11.3. The Morgan fingerprint density at radius 1 is 1.38 bits per heavy atom. The molecular weight excluding hydrogens is 222 g/mol. The fourth-order valence-corrected chi connectivity index (χ4v) is 1.43. The van der Waals surface area contributed by atoms with E-state index in [1.54, 1.807) is 0 Å².